The first-order valence-corrected chi connectivity index (χ1v) is 8.87. The second-order valence-electron chi connectivity index (χ2n) is 5.81. The minimum atomic E-state index is -3.28. The van der Waals surface area contributed by atoms with Crippen molar-refractivity contribution in [2.24, 2.45) is 0 Å². The van der Waals surface area contributed by atoms with E-state index in [1.165, 1.54) is 0 Å². The number of hydrogen-bond acceptors (Lipinski definition) is 4. The van der Waals surface area contributed by atoms with Gasteiger partial charge < -0.3 is 10.2 Å². The molecule has 0 spiro atoms. The van der Waals surface area contributed by atoms with Gasteiger partial charge in [-0.05, 0) is 25.2 Å². The molecule has 0 saturated heterocycles. The molecule has 0 aliphatic rings. The van der Waals surface area contributed by atoms with Gasteiger partial charge in [0.1, 0.15) is 0 Å². The second kappa shape index (κ2) is 8.48. The van der Waals surface area contributed by atoms with Crippen LogP contribution < -0.4 is 10.0 Å². The van der Waals surface area contributed by atoms with Crippen molar-refractivity contribution in [3.8, 4) is 0 Å². The van der Waals surface area contributed by atoms with E-state index < -0.39 is 10.0 Å². The van der Waals surface area contributed by atoms with E-state index in [1.807, 2.05) is 43.3 Å². The van der Waals surface area contributed by atoms with E-state index in [2.05, 4.69) is 23.9 Å². The van der Waals surface area contributed by atoms with Gasteiger partial charge in [-0.25, -0.2) is 13.1 Å². The van der Waals surface area contributed by atoms with E-state index in [0.717, 1.165) is 17.7 Å². The summed E-state index contributed by atoms with van der Waals surface area (Å²) in [5.41, 5.74) is 1.92. The molecule has 2 N–H and O–H groups in total. The average Bonchev–Trinajstić information content (AvgIpc) is 2.35. The summed E-state index contributed by atoms with van der Waals surface area (Å²) in [7, 11) is 0.557. The highest BCUT2D eigenvalue weighted by Gasteiger charge is 2.11. The Morgan fingerprint density at radius 3 is 2.48 bits per heavy atom. The van der Waals surface area contributed by atoms with E-state index in [0.29, 0.717) is 19.1 Å². The first kappa shape index (κ1) is 18.1. The number of nitrogens with zero attached hydrogens (tertiary/aromatic N) is 1. The molecule has 120 valence electrons. The molecule has 1 aromatic carbocycles. The van der Waals surface area contributed by atoms with Crippen LogP contribution in [0.25, 0.3) is 0 Å². The number of hydrogen-bond donors (Lipinski definition) is 2. The highest BCUT2D eigenvalue weighted by Crippen LogP contribution is 2.09. The third-order valence-electron chi connectivity index (χ3n) is 2.94. The summed E-state index contributed by atoms with van der Waals surface area (Å²) in [6.07, 6.45) is 0. The highest BCUT2D eigenvalue weighted by molar-refractivity contribution is 7.88. The van der Waals surface area contributed by atoms with Crippen LogP contribution in [-0.2, 0) is 22.3 Å². The maximum atomic E-state index is 12.0. The maximum Gasteiger partial charge on any atom is 0.215 e. The minimum absolute atomic E-state index is 0.0238. The van der Waals surface area contributed by atoms with Gasteiger partial charge >= 0.3 is 0 Å². The maximum absolute atomic E-state index is 12.0. The summed E-state index contributed by atoms with van der Waals surface area (Å²) >= 11 is 0. The Balaban J connectivity index is 2.58. The van der Waals surface area contributed by atoms with Crippen LogP contribution >= 0.6 is 0 Å². The predicted octanol–water partition coefficient (Wildman–Crippen LogP) is 1.17. The van der Waals surface area contributed by atoms with Crippen LogP contribution in [0.15, 0.2) is 24.3 Å². The van der Waals surface area contributed by atoms with Gasteiger partial charge in [0.2, 0.25) is 10.0 Å². The van der Waals surface area contributed by atoms with Crippen molar-refractivity contribution in [1.82, 2.24) is 14.9 Å². The molecule has 0 bridgehead atoms. The van der Waals surface area contributed by atoms with Crippen LogP contribution in [0.4, 0.5) is 0 Å². The van der Waals surface area contributed by atoms with E-state index >= 15 is 0 Å². The third kappa shape index (κ3) is 8.16. The molecule has 0 aliphatic carbocycles. The molecule has 0 heterocycles. The van der Waals surface area contributed by atoms with Crippen molar-refractivity contribution in [1.29, 1.82) is 0 Å². The number of sulfonamides is 1. The monoisotopic (exact) mass is 313 g/mol. The lowest BCUT2D eigenvalue weighted by Gasteiger charge is -2.12. The highest BCUT2D eigenvalue weighted by atomic mass is 32.2. The predicted molar refractivity (Wildman–Crippen MR) is 87.6 cm³/mol. The van der Waals surface area contributed by atoms with Gasteiger partial charge in [-0.1, -0.05) is 38.1 Å². The standard InChI is InChI=1S/C15H27N3O2S/c1-13(2)16-11-14-6-5-7-15(10-14)12-21(19,20)17-8-9-18(3)4/h5-7,10,13,16-17H,8-9,11-12H2,1-4H3. The zero-order valence-electron chi connectivity index (χ0n) is 13.4. The number of rotatable bonds is 9. The zero-order chi connectivity index (χ0) is 15.9. The summed E-state index contributed by atoms with van der Waals surface area (Å²) in [5, 5.41) is 3.33. The van der Waals surface area contributed by atoms with E-state index in [9.17, 15) is 8.42 Å². The summed E-state index contributed by atoms with van der Waals surface area (Å²) in [6, 6.07) is 8.11. The lowest BCUT2D eigenvalue weighted by atomic mass is 10.1. The van der Waals surface area contributed by atoms with Crippen molar-refractivity contribution in [3.63, 3.8) is 0 Å². The van der Waals surface area contributed by atoms with Gasteiger partial charge in [0.15, 0.2) is 0 Å². The second-order valence-corrected chi connectivity index (χ2v) is 7.62. The topological polar surface area (TPSA) is 61.4 Å². The third-order valence-corrected chi connectivity index (χ3v) is 4.30. The molecule has 0 atom stereocenters. The molecule has 0 fully saturated rings. The summed E-state index contributed by atoms with van der Waals surface area (Å²) in [6.45, 7) is 6.05. The minimum Gasteiger partial charge on any atom is -0.310 e. The summed E-state index contributed by atoms with van der Waals surface area (Å²) in [4.78, 5) is 1.95. The van der Waals surface area contributed by atoms with Crippen LogP contribution in [0.2, 0.25) is 0 Å². The molecule has 0 aromatic heterocycles. The van der Waals surface area contributed by atoms with Gasteiger partial charge in [-0.2, -0.15) is 0 Å². The van der Waals surface area contributed by atoms with Crippen LogP contribution in [0.1, 0.15) is 25.0 Å². The molecular weight excluding hydrogens is 286 g/mol. The van der Waals surface area contributed by atoms with Gasteiger partial charge in [0, 0.05) is 25.7 Å². The molecule has 0 unspecified atom stereocenters. The SMILES string of the molecule is CC(C)NCc1cccc(CS(=O)(=O)NCCN(C)C)c1. The van der Waals surface area contributed by atoms with Gasteiger partial charge in [-0.15, -0.1) is 0 Å². The fourth-order valence-electron chi connectivity index (χ4n) is 1.85. The van der Waals surface area contributed by atoms with Gasteiger partial charge in [0.05, 0.1) is 5.75 Å². The Morgan fingerprint density at radius 2 is 1.86 bits per heavy atom. The first-order chi connectivity index (χ1) is 9.78. The van der Waals surface area contributed by atoms with E-state index in [-0.39, 0.29) is 5.75 Å². The molecule has 1 aromatic rings. The first-order valence-electron chi connectivity index (χ1n) is 7.22. The van der Waals surface area contributed by atoms with Gasteiger partial charge in [0.25, 0.3) is 0 Å². The smallest absolute Gasteiger partial charge is 0.215 e. The summed E-state index contributed by atoms with van der Waals surface area (Å²) < 4.78 is 26.7. The quantitative estimate of drug-likeness (QED) is 0.718. The molecule has 0 radical (unpaired) electrons. The van der Waals surface area contributed by atoms with E-state index in [1.54, 1.807) is 0 Å². The molecule has 5 nitrogen and oxygen atoms in total. The summed E-state index contributed by atoms with van der Waals surface area (Å²) in [5.74, 6) is 0.0238. The fraction of sp³-hybridized carbons (Fsp3) is 0.600. The Labute approximate surface area is 128 Å². The number of likely N-dealkylation sites (N-methyl/N-ethyl adjacent to an activating group) is 1. The van der Waals surface area contributed by atoms with E-state index in [4.69, 9.17) is 0 Å². The van der Waals surface area contributed by atoms with Crippen molar-refractivity contribution in [2.75, 3.05) is 27.2 Å². The Hall–Kier alpha value is -0.950. The zero-order valence-corrected chi connectivity index (χ0v) is 14.2. The Kier molecular flexibility index (Phi) is 7.31. The number of nitrogens with one attached hydrogen (secondary N) is 2. The molecule has 0 saturated carbocycles. The Bertz CT molecular complexity index is 527. The van der Waals surface area contributed by atoms with Crippen molar-refractivity contribution < 1.29 is 8.42 Å². The Morgan fingerprint density at radius 1 is 1.19 bits per heavy atom. The van der Waals surface area contributed by atoms with Crippen LogP contribution in [0.3, 0.4) is 0 Å². The van der Waals surface area contributed by atoms with Crippen molar-refractivity contribution >= 4 is 10.0 Å². The molecular formula is C15H27N3O2S. The normalized spacial score (nSPS) is 12.3. The molecule has 1 rings (SSSR count). The molecule has 0 aliphatic heterocycles. The van der Waals surface area contributed by atoms with Crippen molar-refractivity contribution in [2.45, 2.75) is 32.2 Å². The lowest BCUT2D eigenvalue weighted by molar-refractivity contribution is 0.412. The largest absolute Gasteiger partial charge is 0.310 e. The average molecular weight is 313 g/mol. The number of benzene rings is 1. The lowest BCUT2D eigenvalue weighted by Crippen LogP contribution is -2.32. The van der Waals surface area contributed by atoms with Crippen LogP contribution in [-0.4, -0.2) is 46.5 Å². The van der Waals surface area contributed by atoms with Crippen LogP contribution in [0, 0.1) is 0 Å². The molecule has 6 heteroatoms. The van der Waals surface area contributed by atoms with Crippen molar-refractivity contribution in [3.05, 3.63) is 35.4 Å². The molecule has 0 amide bonds. The fourth-order valence-corrected chi connectivity index (χ4v) is 2.97. The molecule has 21 heavy (non-hydrogen) atoms. The van der Waals surface area contributed by atoms with Gasteiger partial charge in [-0.3, -0.25) is 0 Å². The van der Waals surface area contributed by atoms with Crippen LogP contribution in [0.5, 0.6) is 0 Å².